The van der Waals surface area contributed by atoms with Crippen molar-refractivity contribution in [3.05, 3.63) is 69.3 Å². The molecule has 0 saturated carbocycles. The first-order valence-corrected chi connectivity index (χ1v) is 8.45. The summed E-state index contributed by atoms with van der Waals surface area (Å²) in [6.45, 7) is 0.133. The van der Waals surface area contributed by atoms with E-state index < -0.39 is 22.4 Å². The van der Waals surface area contributed by atoms with Crippen molar-refractivity contribution in [2.24, 2.45) is 0 Å². The van der Waals surface area contributed by atoms with Crippen LogP contribution in [0, 0.1) is 10.1 Å². The quantitative estimate of drug-likeness (QED) is 0.443. The summed E-state index contributed by atoms with van der Waals surface area (Å²) in [6, 6.07) is 11.1. The van der Waals surface area contributed by atoms with Gasteiger partial charge < -0.3 is 10.1 Å². The average molecular weight is 383 g/mol. The lowest BCUT2D eigenvalue weighted by atomic mass is 10.1. The fraction of sp³-hybridized carbons (Fsp3) is 0.211. The highest BCUT2D eigenvalue weighted by Gasteiger charge is 2.40. The van der Waals surface area contributed by atoms with Gasteiger partial charge in [0.25, 0.3) is 17.5 Å². The van der Waals surface area contributed by atoms with E-state index in [1.165, 1.54) is 18.2 Å². The summed E-state index contributed by atoms with van der Waals surface area (Å²) in [7, 11) is 1.56. The van der Waals surface area contributed by atoms with Crippen LogP contribution in [0.15, 0.2) is 42.5 Å². The van der Waals surface area contributed by atoms with E-state index in [2.05, 4.69) is 5.32 Å². The van der Waals surface area contributed by atoms with Crippen LogP contribution >= 0.6 is 0 Å². The van der Waals surface area contributed by atoms with E-state index in [0.29, 0.717) is 5.75 Å². The topological polar surface area (TPSA) is 119 Å². The second-order valence-electron chi connectivity index (χ2n) is 6.09. The Bertz CT molecular complexity index is 955. The SMILES string of the molecule is COc1ccc(CNC(=O)CCN2C(=O)c3cccc([N+](=O)[O-])c3C2=O)cc1. The molecule has 28 heavy (non-hydrogen) atoms. The number of nitro groups is 1. The third kappa shape index (κ3) is 3.68. The molecule has 0 unspecified atom stereocenters. The largest absolute Gasteiger partial charge is 0.497 e. The Morgan fingerprint density at radius 2 is 1.86 bits per heavy atom. The minimum absolute atomic E-state index is 0.0159. The summed E-state index contributed by atoms with van der Waals surface area (Å²) < 4.78 is 5.06. The van der Waals surface area contributed by atoms with Gasteiger partial charge in [-0.15, -0.1) is 0 Å². The van der Waals surface area contributed by atoms with Gasteiger partial charge in [0.15, 0.2) is 0 Å². The number of imide groups is 1. The minimum atomic E-state index is -0.754. The van der Waals surface area contributed by atoms with E-state index >= 15 is 0 Å². The van der Waals surface area contributed by atoms with Crippen LogP contribution in [0.2, 0.25) is 0 Å². The molecular weight excluding hydrogens is 366 g/mol. The van der Waals surface area contributed by atoms with Gasteiger partial charge in [-0.05, 0) is 23.8 Å². The number of hydrogen-bond acceptors (Lipinski definition) is 6. The first-order chi connectivity index (χ1) is 13.4. The highest BCUT2D eigenvalue weighted by molar-refractivity contribution is 6.23. The number of carbonyl (C=O) groups excluding carboxylic acids is 3. The molecule has 0 fully saturated rings. The zero-order valence-corrected chi connectivity index (χ0v) is 15.0. The Hall–Kier alpha value is -3.75. The van der Waals surface area contributed by atoms with E-state index in [1.807, 2.05) is 12.1 Å². The molecule has 0 radical (unpaired) electrons. The number of methoxy groups -OCH3 is 1. The van der Waals surface area contributed by atoms with E-state index in [4.69, 9.17) is 4.74 Å². The third-order valence-electron chi connectivity index (χ3n) is 4.38. The van der Waals surface area contributed by atoms with Crippen LogP contribution in [0.1, 0.15) is 32.7 Å². The predicted octanol–water partition coefficient (Wildman–Crippen LogP) is 1.91. The molecule has 2 aromatic rings. The van der Waals surface area contributed by atoms with Gasteiger partial charge >= 0.3 is 0 Å². The number of nitrogens with zero attached hydrogens (tertiary/aromatic N) is 2. The van der Waals surface area contributed by atoms with E-state index in [-0.39, 0.29) is 36.5 Å². The molecule has 3 rings (SSSR count). The van der Waals surface area contributed by atoms with Crippen molar-refractivity contribution in [3.63, 3.8) is 0 Å². The zero-order chi connectivity index (χ0) is 20.3. The van der Waals surface area contributed by atoms with Crippen molar-refractivity contribution >= 4 is 23.4 Å². The smallest absolute Gasteiger partial charge is 0.282 e. The molecular formula is C19H17N3O6. The molecule has 1 aliphatic rings. The van der Waals surface area contributed by atoms with Crippen molar-refractivity contribution in [1.82, 2.24) is 10.2 Å². The van der Waals surface area contributed by atoms with Crippen molar-refractivity contribution in [2.75, 3.05) is 13.7 Å². The number of benzene rings is 2. The fourth-order valence-corrected chi connectivity index (χ4v) is 2.92. The van der Waals surface area contributed by atoms with E-state index in [0.717, 1.165) is 10.5 Å². The predicted molar refractivity (Wildman–Crippen MR) is 97.9 cm³/mol. The average Bonchev–Trinajstić information content (AvgIpc) is 2.95. The summed E-state index contributed by atoms with van der Waals surface area (Å²) in [4.78, 5) is 48.1. The molecule has 2 aromatic carbocycles. The monoisotopic (exact) mass is 383 g/mol. The number of fused-ring (bicyclic) bond motifs is 1. The van der Waals surface area contributed by atoms with Gasteiger partial charge in [-0.1, -0.05) is 18.2 Å². The van der Waals surface area contributed by atoms with Crippen molar-refractivity contribution in [1.29, 1.82) is 0 Å². The molecule has 0 saturated heterocycles. The molecule has 144 valence electrons. The number of nitrogens with one attached hydrogen (secondary N) is 1. The third-order valence-corrected chi connectivity index (χ3v) is 4.38. The number of carbonyl (C=O) groups is 3. The van der Waals surface area contributed by atoms with E-state index in [1.54, 1.807) is 19.2 Å². The van der Waals surface area contributed by atoms with Crippen molar-refractivity contribution in [2.45, 2.75) is 13.0 Å². The minimum Gasteiger partial charge on any atom is -0.497 e. The molecule has 0 atom stereocenters. The molecule has 9 heteroatoms. The van der Waals surface area contributed by atoms with Gasteiger partial charge in [0.1, 0.15) is 11.3 Å². The van der Waals surface area contributed by atoms with Gasteiger partial charge in [-0.25, -0.2) is 0 Å². The van der Waals surface area contributed by atoms with Gasteiger partial charge in [0.2, 0.25) is 5.91 Å². The first kappa shape index (κ1) is 19.0. The fourth-order valence-electron chi connectivity index (χ4n) is 2.92. The number of hydrogen-bond donors (Lipinski definition) is 1. The molecule has 1 heterocycles. The number of rotatable bonds is 7. The Morgan fingerprint density at radius 1 is 1.14 bits per heavy atom. The first-order valence-electron chi connectivity index (χ1n) is 8.45. The maximum Gasteiger partial charge on any atom is 0.282 e. The molecule has 9 nitrogen and oxygen atoms in total. The Kier molecular flexibility index (Phi) is 5.35. The van der Waals surface area contributed by atoms with Crippen LogP contribution in [0.5, 0.6) is 5.75 Å². The molecule has 0 aromatic heterocycles. The second-order valence-corrected chi connectivity index (χ2v) is 6.09. The Morgan fingerprint density at radius 3 is 2.50 bits per heavy atom. The molecule has 1 aliphatic heterocycles. The lowest BCUT2D eigenvalue weighted by Crippen LogP contribution is -2.34. The summed E-state index contributed by atoms with van der Waals surface area (Å²) in [6.07, 6.45) is -0.102. The molecule has 1 N–H and O–H groups in total. The van der Waals surface area contributed by atoms with Crippen LogP contribution in [0.4, 0.5) is 5.69 Å². The van der Waals surface area contributed by atoms with Crippen molar-refractivity contribution < 1.29 is 24.0 Å². The van der Waals surface area contributed by atoms with Crippen LogP contribution in [0.25, 0.3) is 0 Å². The van der Waals surface area contributed by atoms with Gasteiger partial charge in [-0.2, -0.15) is 0 Å². The number of amides is 3. The Balaban J connectivity index is 1.59. The lowest BCUT2D eigenvalue weighted by Gasteiger charge is -2.13. The standard InChI is InChI=1S/C19H17N3O6/c1-28-13-7-5-12(6-8-13)11-20-16(23)9-10-21-18(24)14-3-2-4-15(22(26)27)17(14)19(21)25/h2-8H,9-11H2,1H3,(H,20,23). The van der Waals surface area contributed by atoms with Gasteiger partial charge in [-0.3, -0.25) is 29.4 Å². The molecule has 0 aliphatic carbocycles. The Labute approximate surface area is 160 Å². The van der Waals surface area contributed by atoms with Crippen molar-refractivity contribution in [3.8, 4) is 5.75 Å². The summed E-state index contributed by atoms with van der Waals surface area (Å²) in [5.74, 6) is -1.03. The zero-order valence-electron chi connectivity index (χ0n) is 15.0. The highest BCUT2D eigenvalue weighted by atomic mass is 16.6. The molecule has 3 amide bonds. The summed E-state index contributed by atoms with van der Waals surface area (Å²) in [5.41, 5.74) is 0.210. The number of ether oxygens (including phenoxy) is 1. The normalized spacial score (nSPS) is 12.7. The van der Waals surface area contributed by atoms with Crippen LogP contribution in [-0.2, 0) is 11.3 Å². The molecule has 0 bridgehead atoms. The van der Waals surface area contributed by atoms with Crippen LogP contribution < -0.4 is 10.1 Å². The second kappa shape index (κ2) is 7.87. The lowest BCUT2D eigenvalue weighted by molar-refractivity contribution is -0.385. The van der Waals surface area contributed by atoms with E-state index in [9.17, 15) is 24.5 Å². The summed E-state index contributed by atoms with van der Waals surface area (Å²) in [5, 5.41) is 13.8. The van der Waals surface area contributed by atoms with Gasteiger partial charge in [0, 0.05) is 25.6 Å². The maximum atomic E-state index is 12.4. The summed E-state index contributed by atoms with van der Waals surface area (Å²) >= 11 is 0. The van der Waals surface area contributed by atoms with Gasteiger partial charge in [0.05, 0.1) is 17.6 Å². The van der Waals surface area contributed by atoms with Crippen LogP contribution in [-0.4, -0.2) is 41.2 Å². The maximum absolute atomic E-state index is 12.4. The molecule has 0 spiro atoms. The highest BCUT2D eigenvalue weighted by Crippen LogP contribution is 2.30. The van der Waals surface area contributed by atoms with Crippen LogP contribution in [0.3, 0.4) is 0 Å². The number of nitro benzene ring substituents is 1.